The molecule has 0 aromatic carbocycles. The number of hydrogen-bond donors (Lipinski definition) is 1. The Morgan fingerprint density at radius 1 is 1.27 bits per heavy atom. The highest BCUT2D eigenvalue weighted by atomic mass is 32.1. The van der Waals surface area contributed by atoms with Crippen molar-refractivity contribution in [3.63, 3.8) is 0 Å². The van der Waals surface area contributed by atoms with E-state index in [0.717, 1.165) is 17.7 Å². The van der Waals surface area contributed by atoms with Gasteiger partial charge in [-0.05, 0) is 32.3 Å². The van der Waals surface area contributed by atoms with Crippen molar-refractivity contribution in [2.24, 2.45) is 0 Å². The number of esters is 1. The summed E-state index contributed by atoms with van der Waals surface area (Å²) in [4.78, 5) is 35.1. The summed E-state index contributed by atoms with van der Waals surface area (Å²) in [6.07, 6.45) is 1.86. The Hall–Kier alpha value is -1.89. The molecule has 1 amide bonds. The largest absolute Gasteiger partial charge is 0.550 e. The van der Waals surface area contributed by atoms with Crippen molar-refractivity contribution in [1.82, 2.24) is 0 Å². The van der Waals surface area contributed by atoms with Gasteiger partial charge in [-0.3, -0.25) is 4.79 Å². The van der Waals surface area contributed by atoms with Gasteiger partial charge in [0, 0.05) is 17.3 Å². The molecule has 6 nitrogen and oxygen atoms in total. The molecule has 122 valence electrons. The van der Waals surface area contributed by atoms with E-state index < -0.39 is 11.9 Å². The zero-order valence-electron chi connectivity index (χ0n) is 12.8. The number of hydrogen-bond acceptors (Lipinski definition) is 6. The SMILES string of the molecule is CCCc1cc(C(=O)OCC)c(NC(=O)CCCC(=O)[O-])s1. The predicted octanol–water partition coefficient (Wildman–Crippen LogP) is 1.74. The maximum Gasteiger partial charge on any atom is 0.341 e. The van der Waals surface area contributed by atoms with Gasteiger partial charge in [-0.2, -0.15) is 0 Å². The van der Waals surface area contributed by atoms with Gasteiger partial charge >= 0.3 is 5.97 Å². The first-order valence-electron chi connectivity index (χ1n) is 7.27. The van der Waals surface area contributed by atoms with Gasteiger partial charge in [0.25, 0.3) is 0 Å². The molecule has 1 rings (SSSR count). The molecule has 0 spiro atoms. The standard InChI is InChI=1S/C15H21NO5S/c1-3-6-10-9-11(15(20)21-4-2)14(22-10)16-12(17)7-5-8-13(18)19/h9H,3-8H2,1-2H3,(H,16,17)(H,18,19)/p-1. The summed E-state index contributed by atoms with van der Waals surface area (Å²) in [6, 6.07) is 1.74. The highest BCUT2D eigenvalue weighted by Gasteiger charge is 2.18. The Morgan fingerprint density at radius 2 is 2.00 bits per heavy atom. The highest BCUT2D eigenvalue weighted by molar-refractivity contribution is 7.16. The molecule has 1 N–H and O–H groups in total. The van der Waals surface area contributed by atoms with Gasteiger partial charge in [-0.1, -0.05) is 13.3 Å². The number of carbonyl (C=O) groups excluding carboxylic acids is 3. The molecule has 0 aliphatic carbocycles. The van der Waals surface area contributed by atoms with Crippen LogP contribution >= 0.6 is 11.3 Å². The van der Waals surface area contributed by atoms with E-state index in [1.54, 1.807) is 13.0 Å². The number of amides is 1. The third-order valence-electron chi connectivity index (χ3n) is 2.81. The first-order chi connectivity index (χ1) is 10.5. The lowest BCUT2D eigenvalue weighted by atomic mass is 10.2. The maximum absolute atomic E-state index is 11.9. The quantitative estimate of drug-likeness (QED) is 0.697. The number of ether oxygens (including phenoxy) is 1. The van der Waals surface area contributed by atoms with Gasteiger partial charge in [0.05, 0.1) is 12.2 Å². The second-order valence-electron chi connectivity index (χ2n) is 4.70. The smallest absolute Gasteiger partial charge is 0.341 e. The van der Waals surface area contributed by atoms with Crippen molar-refractivity contribution in [1.29, 1.82) is 0 Å². The fourth-order valence-corrected chi connectivity index (χ4v) is 3.01. The van der Waals surface area contributed by atoms with Crippen molar-refractivity contribution in [3.05, 3.63) is 16.5 Å². The first kappa shape index (κ1) is 18.2. The molecule has 1 aromatic heterocycles. The lowest BCUT2D eigenvalue weighted by molar-refractivity contribution is -0.305. The number of aliphatic carboxylic acids is 1. The molecular formula is C15H20NO5S-. The van der Waals surface area contributed by atoms with Crippen LogP contribution in [-0.2, 0) is 20.7 Å². The maximum atomic E-state index is 11.9. The third-order valence-corrected chi connectivity index (χ3v) is 3.92. The lowest BCUT2D eigenvalue weighted by Gasteiger charge is -2.06. The number of carbonyl (C=O) groups is 3. The predicted molar refractivity (Wildman–Crippen MR) is 81.8 cm³/mol. The summed E-state index contributed by atoms with van der Waals surface area (Å²) in [5, 5.41) is 13.5. The number of anilines is 1. The molecule has 1 heterocycles. The number of carboxylic acids is 1. The lowest BCUT2D eigenvalue weighted by Crippen LogP contribution is -2.22. The number of rotatable bonds is 9. The molecular weight excluding hydrogens is 306 g/mol. The Balaban J connectivity index is 2.76. The average Bonchev–Trinajstić information content (AvgIpc) is 2.81. The molecule has 0 unspecified atom stereocenters. The first-order valence-corrected chi connectivity index (χ1v) is 8.09. The van der Waals surface area contributed by atoms with E-state index in [1.165, 1.54) is 11.3 Å². The van der Waals surface area contributed by atoms with Crippen LogP contribution in [0.5, 0.6) is 0 Å². The van der Waals surface area contributed by atoms with Crippen LogP contribution in [0.2, 0.25) is 0 Å². The van der Waals surface area contributed by atoms with E-state index in [-0.39, 0.29) is 31.8 Å². The summed E-state index contributed by atoms with van der Waals surface area (Å²) in [5.74, 6) is -1.97. The summed E-state index contributed by atoms with van der Waals surface area (Å²) in [5.41, 5.74) is 0.351. The van der Waals surface area contributed by atoms with Gasteiger partial charge in [0.1, 0.15) is 5.00 Å². The molecule has 0 saturated heterocycles. The minimum atomic E-state index is -1.18. The Morgan fingerprint density at radius 3 is 2.59 bits per heavy atom. The van der Waals surface area contributed by atoms with Crippen LogP contribution in [-0.4, -0.2) is 24.5 Å². The van der Waals surface area contributed by atoms with Gasteiger partial charge in [-0.15, -0.1) is 11.3 Å². The van der Waals surface area contributed by atoms with E-state index in [2.05, 4.69) is 5.32 Å². The van der Waals surface area contributed by atoms with Gasteiger partial charge < -0.3 is 20.0 Å². The fraction of sp³-hybridized carbons (Fsp3) is 0.533. The van der Waals surface area contributed by atoms with Crippen LogP contribution < -0.4 is 10.4 Å². The molecule has 0 bridgehead atoms. The van der Waals surface area contributed by atoms with Crippen LogP contribution in [0.15, 0.2) is 6.07 Å². The molecule has 0 saturated carbocycles. The number of nitrogens with one attached hydrogen (secondary N) is 1. The fourth-order valence-electron chi connectivity index (χ4n) is 1.85. The monoisotopic (exact) mass is 326 g/mol. The molecule has 0 aliphatic heterocycles. The second-order valence-corrected chi connectivity index (χ2v) is 5.84. The topological polar surface area (TPSA) is 95.5 Å². The normalized spacial score (nSPS) is 10.3. The van der Waals surface area contributed by atoms with Crippen LogP contribution in [0.4, 0.5) is 5.00 Å². The van der Waals surface area contributed by atoms with E-state index >= 15 is 0 Å². The van der Waals surface area contributed by atoms with E-state index in [4.69, 9.17) is 4.74 Å². The summed E-state index contributed by atoms with van der Waals surface area (Å²) in [7, 11) is 0. The van der Waals surface area contributed by atoms with E-state index in [1.807, 2.05) is 6.92 Å². The second kappa shape index (κ2) is 9.19. The zero-order chi connectivity index (χ0) is 16.5. The molecule has 7 heteroatoms. The van der Waals surface area contributed by atoms with Crippen molar-refractivity contribution >= 4 is 34.2 Å². The summed E-state index contributed by atoms with van der Waals surface area (Å²) >= 11 is 1.34. The molecule has 0 fully saturated rings. The molecule has 0 atom stereocenters. The molecule has 22 heavy (non-hydrogen) atoms. The molecule has 1 aromatic rings. The highest BCUT2D eigenvalue weighted by Crippen LogP contribution is 2.30. The number of carboxylic acid groups (broad SMARTS) is 1. The van der Waals surface area contributed by atoms with Crippen LogP contribution in [0.25, 0.3) is 0 Å². The van der Waals surface area contributed by atoms with Crippen molar-refractivity contribution in [3.8, 4) is 0 Å². The van der Waals surface area contributed by atoms with Crippen molar-refractivity contribution < 1.29 is 24.2 Å². The Labute approximate surface area is 133 Å². The Kier molecular flexibility index (Phi) is 7.59. The summed E-state index contributed by atoms with van der Waals surface area (Å²) in [6.45, 7) is 4.01. The van der Waals surface area contributed by atoms with E-state index in [9.17, 15) is 19.5 Å². The van der Waals surface area contributed by atoms with Gasteiger partial charge in [0.2, 0.25) is 5.91 Å². The van der Waals surface area contributed by atoms with Gasteiger partial charge in [-0.25, -0.2) is 4.79 Å². The van der Waals surface area contributed by atoms with E-state index in [0.29, 0.717) is 10.6 Å². The Bertz CT molecular complexity index is 538. The summed E-state index contributed by atoms with van der Waals surface area (Å²) < 4.78 is 4.98. The van der Waals surface area contributed by atoms with Crippen molar-refractivity contribution in [2.45, 2.75) is 46.0 Å². The van der Waals surface area contributed by atoms with Crippen LogP contribution in [0.3, 0.4) is 0 Å². The average molecular weight is 326 g/mol. The van der Waals surface area contributed by atoms with Gasteiger partial charge in [0.15, 0.2) is 0 Å². The van der Waals surface area contributed by atoms with Crippen LogP contribution in [0.1, 0.15) is 54.8 Å². The third kappa shape index (κ3) is 5.85. The van der Waals surface area contributed by atoms with Crippen molar-refractivity contribution in [2.75, 3.05) is 11.9 Å². The van der Waals surface area contributed by atoms with Crippen LogP contribution in [0, 0.1) is 0 Å². The minimum absolute atomic E-state index is 0.0667. The zero-order valence-corrected chi connectivity index (χ0v) is 13.6. The minimum Gasteiger partial charge on any atom is -0.550 e. The molecule has 0 aliphatic rings. The molecule has 0 radical (unpaired) electrons. The number of aryl methyl sites for hydroxylation is 1. The number of thiophene rings is 1.